The summed E-state index contributed by atoms with van der Waals surface area (Å²) in [6.07, 6.45) is 0.844. The molecule has 144 valence electrons. The third-order valence-electron chi connectivity index (χ3n) is 5.24. The smallest absolute Gasteiger partial charge is 0.253 e. The van der Waals surface area contributed by atoms with Crippen molar-refractivity contribution in [2.75, 3.05) is 6.54 Å². The van der Waals surface area contributed by atoms with Gasteiger partial charge in [0.1, 0.15) is 12.1 Å². The highest BCUT2D eigenvalue weighted by molar-refractivity contribution is 6.33. The lowest BCUT2D eigenvalue weighted by Gasteiger charge is -2.34. The largest absolute Gasteiger partial charge is 0.347 e. The Kier molecular flexibility index (Phi) is 5.05. The lowest BCUT2D eigenvalue weighted by atomic mass is 10.0. The molecule has 3 atom stereocenters. The first-order valence-electron chi connectivity index (χ1n) is 9.23. The van der Waals surface area contributed by atoms with Crippen molar-refractivity contribution >= 4 is 29.3 Å². The molecule has 2 aliphatic rings. The van der Waals surface area contributed by atoms with E-state index in [-0.39, 0.29) is 23.8 Å². The zero-order chi connectivity index (χ0) is 19.7. The van der Waals surface area contributed by atoms with E-state index >= 15 is 0 Å². The Labute approximate surface area is 167 Å². The van der Waals surface area contributed by atoms with E-state index in [1.165, 1.54) is 0 Å². The van der Waals surface area contributed by atoms with E-state index in [9.17, 15) is 14.4 Å². The number of benzene rings is 2. The SMILES string of the molecule is O=C(N[C@H]1C[C@H]2C(=O)N[C@@H](Cc3ccccc3)C(=O)N2C1)c1ccccc1Cl. The van der Waals surface area contributed by atoms with Crippen LogP contribution in [0.4, 0.5) is 0 Å². The number of hydrogen-bond donors (Lipinski definition) is 2. The molecule has 6 nitrogen and oxygen atoms in total. The monoisotopic (exact) mass is 397 g/mol. The van der Waals surface area contributed by atoms with Crippen LogP contribution >= 0.6 is 11.6 Å². The summed E-state index contributed by atoms with van der Waals surface area (Å²) >= 11 is 6.08. The molecular weight excluding hydrogens is 378 g/mol. The standard InChI is InChI=1S/C21H20ClN3O3/c22-16-9-5-4-8-15(16)19(26)23-14-11-18-20(27)24-17(21(28)25(18)12-14)10-13-6-2-1-3-7-13/h1-9,14,17-18H,10-12H2,(H,23,26)(H,24,27)/t14-,17-,18-/m0/s1. The van der Waals surface area contributed by atoms with Crippen LogP contribution in [0.3, 0.4) is 0 Å². The van der Waals surface area contributed by atoms with Crippen LogP contribution in [0.15, 0.2) is 54.6 Å². The van der Waals surface area contributed by atoms with E-state index in [1.807, 2.05) is 30.3 Å². The van der Waals surface area contributed by atoms with E-state index in [0.29, 0.717) is 30.0 Å². The summed E-state index contributed by atoms with van der Waals surface area (Å²) in [5, 5.41) is 6.11. The van der Waals surface area contributed by atoms with E-state index < -0.39 is 12.1 Å². The highest BCUT2D eigenvalue weighted by atomic mass is 35.5. The van der Waals surface area contributed by atoms with Gasteiger partial charge in [-0.25, -0.2) is 0 Å². The highest BCUT2D eigenvalue weighted by Gasteiger charge is 2.46. The molecule has 7 heteroatoms. The zero-order valence-corrected chi connectivity index (χ0v) is 15.9. The van der Waals surface area contributed by atoms with Crippen LogP contribution in [-0.4, -0.2) is 47.3 Å². The van der Waals surface area contributed by atoms with Crippen molar-refractivity contribution in [3.63, 3.8) is 0 Å². The Balaban J connectivity index is 1.44. The van der Waals surface area contributed by atoms with Crippen LogP contribution in [-0.2, 0) is 16.0 Å². The first-order chi connectivity index (χ1) is 13.5. The van der Waals surface area contributed by atoms with Crippen LogP contribution in [0.2, 0.25) is 5.02 Å². The molecule has 0 saturated carbocycles. The number of fused-ring (bicyclic) bond motifs is 1. The molecule has 0 radical (unpaired) electrons. The number of halogens is 1. The Morgan fingerprint density at radius 1 is 1.11 bits per heavy atom. The van der Waals surface area contributed by atoms with E-state index in [2.05, 4.69) is 10.6 Å². The summed E-state index contributed by atoms with van der Waals surface area (Å²) in [7, 11) is 0. The minimum Gasteiger partial charge on any atom is -0.347 e. The van der Waals surface area contributed by atoms with Gasteiger partial charge in [-0.1, -0.05) is 54.1 Å². The number of carbonyl (C=O) groups excluding carboxylic acids is 3. The van der Waals surface area contributed by atoms with Gasteiger partial charge < -0.3 is 15.5 Å². The fourth-order valence-electron chi connectivity index (χ4n) is 3.86. The molecule has 3 amide bonds. The fraction of sp³-hybridized carbons (Fsp3) is 0.286. The molecule has 0 bridgehead atoms. The Morgan fingerprint density at radius 3 is 2.57 bits per heavy atom. The second-order valence-corrected chi connectivity index (χ2v) is 7.55. The molecule has 2 aromatic rings. The van der Waals surface area contributed by atoms with Gasteiger partial charge in [0.2, 0.25) is 11.8 Å². The lowest BCUT2D eigenvalue weighted by Crippen LogP contribution is -2.61. The Bertz CT molecular complexity index is 918. The van der Waals surface area contributed by atoms with Gasteiger partial charge in [0.15, 0.2) is 0 Å². The number of hydrogen-bond acceptors (Lipinski definition) is 3. The van der Waals surface area contributed by atoms with Gasteiger partial charge >= 0.3 is 0 Å². The molecule has 2 saturated heterocycles. The third-order valence-corrected chi connectivity index (χ3v) is 5.57. The second-order valence-electron chi connectivity index (χ2n) is 7.14. The van der Waals surface area contributed by atoms with Crippen molar-refractivity contribution < 1.29 is 14.4 Å². The molecule has 28 heavy (non-hydrogen) atoms. The summed E-state index contributed by atoms with van der Waals surface area (Å²) in [6.45, 7) is 0.318. The van der Waals surface area contributed by atoms with Crippen LogP contribution in [0.1, 0.15) is 22.3 Å². The predicted molar refractivity (Wildman–Crippen MR) is 105 cm³/mol. The first kappa shape index (κ1) is 18.5. The zero-order valence-electron chi connectivity index (χ0n) is 15.1. The molecule has 0 aliphatic carbocycles. The topological polar surface area (TPSA) is 78.5 Å². The maximum atomic E-state index is 12.9. The van der Waals surface area contributed by atoms with Crippen molar-refractivity contribution in [2.24, 2.45) is 0 Å². The van der Waals surface area contributed by atoms with E-state index in [1.54, 1.807) is 29.2 Å². The van der Waals surface area contributed by atoms with Gasteiger partial charge in [-0.3, -0.25) is 14.4 Å². The van der Waals surface area contributed by atoms with Crippen molar-refractivity contribution in [3.8, 4) is 0 Å². The molecule has 2 N–H and O–H groups in total. The molecule has 0 aromatic heterocycles. The molecule has 2 fully saturated rings. The van der Waals surface area contributed by atoms with Crippen LogP contribution in [0, 0.1) is 0 Å². The second kappa shape index (κ2) is 7.64. The van der Waals surface area contributed by atoms with Crippen LogP contribution < -0.4 is 10.6 Å². The maximum absolute atomic E-state index is 12.9. The summed E-state index contributed by atoms with van der Waals surface area (Å²) in [5.74, 6) is -0.581. The van der Waals surface area contributed by atoms with Crippen LogP contribution in [0.25, 0.3) is 0 Å². The third kappa shape index (κ3) is 3.60. The van der Waals surface area contributed by atoms with Crippen molar-refractivity contribution in [2.45, 2.75) is 31.0 Å². The molecule has 2 aliphatic heterocycles. The summed E-state index contributed by atoms with van der Waals surface area (Å²) in [4.78, 5) is 39.5. The summed E-state index contributed by atoms with van der Waals surface area (Å²) < 4.78 is 0. The Hall–Kier alpha value is -2.86. The van der Waals surface area contributed by atoms with Crippen LogP contribution in [0.5, 0.6) is 0 Å². The van der Waals surface area contributed by atoms with Gasteiger partial charge in [0.25, 0.3) is 5.91 Å². The van der Waals surface area contributed by atoms with Gasteiger partial charge in [0.05, 0.1) is 10.6 Å². The number of nitrogens with one attached hydrogen (secondary N) is 2. The predicted octanol–water partition coefficient (Wildman–Crippen LogP) is 1.78. The highest BCUT2D eigenvalue weighted by Crippen LogP contribution is 2.25. The number of carbonyl (C=O) groups is 3. The fourth-order valence-corrected chi connectivity index (χ4v) is 4.08. The molecular formula is C21H20ClN3O3. The van der Waals surface area contributed by atoms with Crippen molar-refractivity contribution in [1.29, 1.82) is 0 Å². The van der Waals surface area contributed by atoms with Gasteiger partial charge in [0, 0.05) is 19.0 Å². The maximum Gasteiger partial charge on any atom is 0.253 e. The van der Waals surface area contributed by atoms with Crippen molar-refractivity contribution in [1.82, 2.24) is 15.5 Å². The Morgan fingerprint density at radius 2 is 1.82 bits per heavy atom. The van der Waals surface area contributed by atoms with E-state index in [0.717, 1.165) is 5.56 Å². The minimum atomic E-state index is -0.579. The summed E-state index contributed by atoms with van der Waals surface area (Å²) in [5.41, 5.74) is 1.37. The number of rotatable bonds is 4. The minimum absolute atomic E-state index is 0.108. The summed E-state index contributed by atoms with van der Waals surface area (Å²) in [6, 6.07) is 15.0. The molecule has 0 spiro atoms. The quantitative estimate of drug-likeness (QED) is 0.825. The normalized spacial score (nSPS) is 23.9. The average molecular weight is 398 g/mol. The van der Waals surface area contributed by atoms with E-state index in [4.69, 9.17) is 11.6 Å². The number of nitrogens with zero attached hydrogens (tertiary/aromatic N) is 1. The molecule has 4 rings (SSSR count). The van der Waals surface area contributed by atoms with Gasteiger partial charge in [-0.2, -0.15) is 0 Å². The van der Waals surface area contributed by atoms with Crippen molar-refractivity contribution in [3.05, 3.63) is 70.7 Å². The molecule has 2 heterocycles. The molecule has 0 unspecified atom stereocenters. The lowest BCUT2D eigenvalue weighted by molar-refractivity contribution is -0.147. The average Bonchev–Trinajstić information content (AvgIpc) is 3.11. The number of piperazine rings is 1. The van der Waals surface area contributed by atoms with Gasteiger partial charge in [-0.05, 0) is 24.1 Å². The number of amides is 3. The first-order valence-corrected chi connectivity index (χ1v) is 9.61. The van der Waals surface area contributed by atoms with Gasteiger partial charge in [-0.15, -0.1) is 0 Å². The molecule has 2 aromatic carbocycles.